The van der Waals surface area contributed by atoms with Gasteiger partial charge in [-0.3, -0.25) is 4.98 Å². The second kappa shape index (κ2) is 6.09. The van der Waals surface area contributed by atoms with E-state index in [4.69, 9.17) is 4.74 Å². The van der Waals surface area contributed by atoms with Gasteiger partial charge < -0.3 is 20.1 Å². The van der Waals surface area contributed by atoms with Gasteiger partial charge in [0.2, 0.25) is 0 Å². The average Bonchev–Trinajstić information content (AvgIpc) is 2.88. The van der Waals surface area contributed by atoms with Gasteiger partial charge in [0, 0.05) is 25.8 Å². The van der Waals surface area contributed by atoms with Gasteiger partial charge in [-0.1, -0.05) is 6.07 Å². The van der Waals surface area contributed by atoms with E-state index in [1.165, 1.54) is 4.90 Å². The van der Waals surface area contributed by atoms with Gasteiger partial charge in [0.25, 0.3) is 0 Å². The molecular weight excluding hydrogens is 274 g/mol. The van der Waals surface area contributed by atoms with Crippen molar-refractivity contribution in [1.29, 1.82) is 0 Å². The van der Waals surface area contributed by atoms with Gasteiger partial charge in [-0.15, -0.1) is 0 Å². The van der Waals surface area contributed by atoms with Crippen LogP contribution in [0.25, 0.3) is 0 Å². The van der Waals surface area contributed by atoms with Crippen LogP contribution in [-0.4, -0.2) is 52.8 Å². The van der Waals surface area contributed by atoms with Crippen molar-refractivity contribution in [3.63, 3.8) is 0 Å². The van der Waals surface area contributed by atoms with Gasteiger partial charge >= 0.3 is 12.0 Å². The van der Waals surface area contributed by atoms with Crippen LogP contribution < -0.4 is 5.32 Å². The molecule has 0 aromatic carbocycles. The smallest absolute Gasteiger partial charge is 0.332 e. The third-order valence-corrected chi connectivity index (χ3v) is 3.47. The van der Waals surface area contributed by atoms with Crippen LogP contribution in [0.5, 0.6) is 0 Å². The van der Waals surface area contributed by atoms with E-state index in [2.05, 4.69) is 10.3 Å². The van der Waals surface area contributed by atoms with Crippen molar-refractivity contribution in [3.05, 3.63) is 29.6 Å². The topological polar surface area (TPSA) is 91.8 Å². The Morgan fingerprint density at radius 1 is 1.52 bits per heavy atom. The standard InChI is InChI=1S/C14H19N3O4/c1-10-4-3-5-11(15-10)8-17(2)13(20)16-14(12(18)19)6-7-21-9-14/h3-5H,6-9H2,1-2H3,(H,16,20)(H,18,19). The van der Waals surface area contributed by atoms with E-state index in [1.807, 2.05) is 25.1 Å². The second-order valence-corrected chi connectivity index (χ2v) is 5.25. The highest BCUT2D eigenvalue weighted by Crippen LogP contribution is 2.19. The number of ether oxygens (including phenoxy) is 1. The molecule has 114 valence electrons. The van der Waals surface area contributed by atoms with E-state index in [-0.39, 0.29) is 13.0 Å². The maximum atomic E-state index is 12.2. The van der Waals surface area contributed by atoms with Crippen molar-refractivity contribution in [1.82, 2.24) is 15.2 Å². The number of hydrogen-bond acceptors (Lipinski definition) is 4. The van der Waals surface area contributed by atoms with Gasteiger partial charge in [0.05, 0.1) is 18.8 Å². The zero-order valence-electron chi connectivity index (χ0n) is 12.1. The Bertz CT molecular complexity index is 541. The fourth-order valence-corrected chi connectivity index (χ4v) is 2.19. The lowest BCUT2D eigenvalue weighted by molar-refractivity contribution is -0.144. The van der Waals surface area contributed by atoms with Crippen LogP contribution in [0.1, 0.15) is 17.8 Å². The SMILES string of the molecule is Cc1cccc(CN(C)C(=O)NC2(C(=O)O)CCOC2)n1. The predicted octanol–water partition coefficient (Wildman–Crippen LogP) is 0.775. The molecule has 1 saturated heterocycles. The molecule has 0 aliphatic carbocycles. The lowest BCUT2D eigenvalue weighted by Gasteiger charge is -2.27. The summed E-state index contributed by atoms with van der Waals surface area (Å²) in [7, 11) is 1.60. The highest BCUT2D eigenvalue weighted by atomic mass is 16.5. The number of hydrogen-bond donors (Lipinski definition) is 2. The number of rotatable bonds is 4. The van der Waals surface area contributed by atoms with Gasteiger partial charge in [0.15, 0.2) is 5.54 Å². The molecule has 0 saturated carbocycles. The van der Waals surface area contributed by atoms with Crippen molar-refractivity contribution in [2.45, 2.75) is 25.4 Å². The lowest BCUT2D eigenvalue weighted by Crippen LogP contribution is -2.57. The van der Waals surface area contributed by atoms with E-state index in [9.17, 15) is 14.7 Å². The van der Waals surface area contributed by atoms with Crippen LogP contribution in [0.2, 0.25) is 0 Å². The number of aliphatic carboxylic acids is 1. The molecule has 7 heteroatoms. The number of carboxylic acid groups (broad SMARTS) is 1. The van der Waals surface area contributed by atoms with Crippen molar-refractivity contribution in [3.8, 4) is 0 Å². The number of aryl methyl sites for hydroxylation is 1. The molecule has 1 aromatic heterocycles. The Morgan fingerprint density at radius 3 is 2.86 bits per heavy atom. The number of pyridine rings is 1. The molecule has 2 rings (SSSR count). The average molecular weight is 293 g/mol. The third kappa shape index (κ3) is 3.49. The van der Waals surface area contributed by atoms with Crippen LogP contribution in [0.15, 0.2) is 18.2 Å². The van der Waals surface area contributed by atoms with Crippen molar-refractivity contribution >= 4 is 12.0 Å². The molecule has 7 nitrogen and oxygen atoms in total. The van der Waals surface area contributed by atoms with Gasteiger partial charge in [0.1, 0.15) is 0 Å². The minimum Gasteiger partial charge on any atom is -0.479 e. The summed E-state index contributed by atoms with van der Waals surface area (Å²) in [5.41, 5.74) is 0.290. The molecule has 2 N–H and O–H groups in total. The number of aromatic nitrogens is 1. The highest BCUT2D eigenvalue weighted by Gasteiger charge is 2.44. The maximum Gasteiger partial charge on any atom is 0.332 e. The third-order valence-electron chi connectivity index (χ3n) is 3.47. The summed E-state index contributed by atoms with van der Waals surface area (Å²) >= 11 is 0. The van der Waals surface area contributed by atoms with Crippen LogP contribution in [0.3, 0.4) is 0 Å². The minimum atomic E-state index is -1.33. The van der Waals surface area contributed by atoms with E-state index in [0.29, 0.717) is 13.2 Å². The Kier molecular flexibility index (Phi) is 4.42. The minimum absolute atomic E-state index is 0.00932. The predicted molar refractivity (Wildman–Crippen MR) is 74.8 cm³/mol. The highest BCUT2D eigenvalue weighted by molar-refractivity contribution is 5.86. The zero-order chi connectivity index (χ0) is 15.5. The number of nitrogens with zero attached hydrogens (tertiary/aromatic N) is 2. The summed E-state index contributed by atoms with van der Waals surface area (Å²) in [6.45, 7) is 2.50. The molecule has 1 atom stereocenters. The van der Waals surface area contributed by atoms with Gasteiger partial charge in [-0.05, 0) is 19.1 Å². The van der Waals surface area contributed by atoms with E-state index in [0.717, 1.165) is 11.4 Å². The maximum absolute atomic E-state index is 12.2. The first-order valence-electron chi connectivity index (χ1n) is 6.70. The Balaban J connectivity index is 2.01. The van der Waals surface area contributed by atoms with E-state index in [1.54, 1.807) is 7.05 Å². The quantitative estimate of drug-likeness (QED) is 0.855. The monoisotopic (exact) mass is 293 g/mol. The molecule has 1 aliphatic heterocycles. The van der Waals surface area contributed by atoms with Crippen LogP contribution in [0, 0.1) is 6.92 Å². The number of urea groups is 1. The summed E-state index contributed by atoms with van der Waals surface area (Å²) in [6.07, 6.45) is 0.268. The van der Waals surface area contributed by atoms with Crippen molar-refractivity contribution < 1.29 is 19.4 Å². The molecule has 2 amide bonds. The lowest BCUT2D eigenvalue weighted by atomic mass is 9.99. The molecule has 21 heavy (non-hydrogen) atoms. The number of nitrogens with one attached hydrogen (secondary N) is 1. The Hall–Kier alpha value is -2.15. The van der Waals surface area contributed by atoms with Gasteiger partial charge in [-0.2, -0.15) is 0 Å². The molecule has 1 fully saturated rings. The van der Waals surface area contributed by atoms with Crippen LogP contribution >= 0.6 is 0 Å². The molecule has 1 aliphatic rings. The largest absolute Gasteiger partial charge is 0.479 e. The summed E-state index contributed by atoms with van der Waals surface area (Å²) < 4.78 is 5.11. The van der Waals surface area contributed by atoms with Crippen molar-refractivity contribution in [2.24, 2.45) is 0 Å². The summed E-state index contributed by atoms with van der Waals surface area (Å²) in [5.74, 6) is -1.07. The van der Waals surface area contributed by atoms with Crippen LogP contribution in [0.4, 0.5) is 4.79 Å². The second-order valence-electron chi connectivity index (χ2n) is 5.25. The molecule has 2 heterocycles. The first kappa shape index (κ1) is 15.2. The number of carbonyl (C=O) groups excluding carboxylic acids is 1. The first-order chi connectivity index (χ1) is 9.93. The Labute approximate surface area is 122 Å². The van der Waals surface area contributed by atoms with Crippen molar-refractivity contribution in [2.75, 3.05) is 20.3 Å². The number of carbonyl (C=O) groups is 2. The molecule has 0 radical (unpaired) electrons. The Morgan fingerprint density at radius 2 is 2.29 bits per heavy atom. The van der Waals surface area contributed by atoms with E-state index >= 15 is 0 Å². The molecule has 1 unspecified atom stereocenters. The summed E-state index contributed by atoms with van der Waals surface area (Å²) in [6, 6.07) is 5.11. The fourth-order valence-electron chi connectivity index (χ4n) is 2.19. The summed E-state index contributed by atoms with van der Waals surface area (Å²) in [5, 5.41) is 11.9. The summed E-state index contributed by atoms with van der Waals surface area (Å²) in [4.78, 5) is 29.2. The first-order valence-corrected chi connectivity index (χ1v) is 6.70. The van der Waals surface area contributed by atoms with Crippen LogP contribution in [-0.2, 0) is 16.1 Å². The molecule has 0 bridgehead atoms. The molecular formula is C14H19N3O4. The fraction of sp³-hybridized carbons (Fsp3) is 0.500. The molecule has 1 aromatic rings. The normalized spacial score (nSPS) is 21.0. The zero-order valence-corrected chi connectivity index (χ0v) is 12.1. The van der Waals surface area contributed by atoms with E-state index < -0.39 is 17.5 Å². The van der Waals surface area contributed by atoms with Gasteiger partial charge in [-0.25, -0.2) is 9.59 Å². The number of amides is 2. The number of carboxylic acids is 1. The molecule has 0 spiro atoms.